The van der Waals surface area contributed by atoms with E-state index < -0.39 is 5.97 Å². The first-order valence-corrected chi connectivity index (χ1v) is 6.69. The Balaban J connectivity index is 1.90. The Labute approximate surface area is 120 Å². The van der Waals surface area contributed by atoms with Gasteiger partial charge < -0.3 is 10.0 Å². The SMILES string of the molecule is O=C(O)c1[nH]nnc1CN1CCCc2cc(Cl)ccc21. The predicted molar refractivity (Wildman–Crippen MR) is 74.2 cm³/mol. The molecule has 0 spiro atoms. The summed E-state index contributed by atoms with van der Waals surface area (Å²) in [5.74, 6) is -1.04. The third kappa shape index (κ3) is 2.34. The quantitative estimate of drug-likeness (QED) is 0.905. The second-order valence-corrected chi connectivity index (χ2v) is 5.17. The zero-order valence-electron chi connectivity index (χ0n) is 10.6. The molecule has 20 heavy (non-hydrogen) atoms. The molecule has 1 aliphatic heterocycles. The molecule has 0 radical (unpaired) electrons. The number of H-pyrrole nitrogens is 1. The minimum atomic E-state index is -1.04. The van der Waals surface area contributed by atoms with E-state index in [0.717, 1.165) is 30.1 Å². The van der Waals surface area contributed by atoms with Gasteiger partial charge in [0, 0.05) is 17.3 Å². The van der Waals surface area contributed by atoms with Crippen LogP contribution in [0.3, 0.4) is 0 Å². The van der Waals surface area contributed by atoms with E-state index in [2.05, 4.69) is 20.3 Å². The van der Waals surface area contributed by atoms with Gasteiger partial charge in [-0.15, -0.1) is 5.10 Å². The fourth-order valence-electron chi connectivity index (χ4n) is 2.52. The largest absolute Gasteiger partial charge is 0.476 e. The standard InChI is InChI=1S/C13H13ClN4O2/c14-9-3-4-11-8(6-9)2-1-5-18(11)7-10-12(13(19)20)16-17-15-10/h3-4,6H,1-2,5,7H2,(H,19,20)(H,15,16,17). The third-order valence-corrected chi connectivity index (χ3v) is 3.67. The van der Waals surface area contributed by atoms with Crippen molar-refractivity contribution < 1.29 is 9.90 Å². The zero-order chi connectivity index (χ0) is 14.1. The van der Waals surface area contributed by atoms with Gasteiger partial charge in [-0.1, -0.05) is 16.8 Å². The first-order chi connectivity index (χ1) is 9.65. The lowest BCUT2D eigenvalue weighted by atomic mass is 10.0. The number of hydrogen-bond donors (Lipinski definition) is 2. The number of aromatic carboxylic acids is 1. The summed E-state index contributed by atoms with van der Waals surface area (Å²) in [6.07, 6.45) is 1.99. The predicted octanol–water partition coefficient (Wildman–Crippen LogP) is 2.11. The Hall–Kier alpha value is -2.08. The number of halogens is 1. The maximum Gasteiger partial charge on any atom is 0.355 e. The van der Waals surface area contributed by atoms with Crippen LogP contribution in [0.4, 0.5) is 5.69 Å². The number of carboxylic acids is 1. The van der Waals surface area contributed by atoms with Gasteiger partial charge in [0.15, 0.2) is 5.69 Å². The molecule has 0 bridgehead atoms. The molecule has 2 heterocycles. The number of benzene rings is 1. The average molecular weight is 293 g/mol. The Morgan fingerprint density at radius 1 is 1.50 bits per heavy atom. The fraction of sp³-hybridized carbons (Fsp3) is 0.308. The molecule has 0 saturated carbocycles. The van der Waals surface area contributed by atoms with E-state index >= 15 is 0 Å². The Kier molecular flexibility index (Phi) is 3.31. The van der Waals surface area contributed by atoms with Crippen molar-refractivity contribution in [2.75, 3.05) is 11.4 Å². The van der Waals surface area contributed by atoms with Gasteiger partial charge in [0.25, 0.3) is 0 Å². The highest BCUT2D eigenvalue weighted by Crippen LogP contribution is 2.30. The summed E-state index contributed by atoms with van der Waals surface area (Å²) < 4.78 is 0. The lowest BCUT2D eigenvalue weighted by molar-refractivity contribution is 0.0689. The number of nitrogens with one attached hydrogen (secondary N) is 1. The first kappa shape index (κ1) is 12.9. The molecule has 104 valence electrons. The second kappa shape index (κ2) is 5.13. The lowest BCUT2D eigenvalue weighted by Crippen LogP contribution is -2.29. The molecule has 7 heteroatoms. The molecule has 1 aromatic carbocycles. The van der Waals surface area contributed by atoms with Crippen LogP contribution in [0, 0.1) is 0 Å². The van der Waals surface area contributed by atoms with Crippen molar-refractivity contribution in [2.45, 2.75) is 19.4 Å². The van der Waals surface area contributed by atoms with Gasteiger partial charge in [-0.05, 0) is 36.6 Å². The van der Waals surface area contributed by atoms with Gasteiger partial charge in [-0.25, -0.2) is 4.79 Å². The van der Waals surface area contributed by atoms with Crippen LogP contribution in [0.25, 0.3) is 0 Å². The van der Waals surface area contributed by atoms with Crippen molar-refractivity contribution in [3.05, 3.63) is 40.2 Å². The maximum absolute atomic E-state index is 11.1. The van der Waals surface area contributed by atoms with Crippen molar-refractivity contribution >= 4 is 23.3 Å². The molecule has 1 aromatic heterocycles. The van der Waals surface area contributed by atoms with E-state index in [1.165, 1.54) is 5.56 Å². The first-order valence-electron chi connectivity index (χ1n) is 6.32. The van der Waals surface area contributed by atoms with E-state index in [1.54, 1.807) is 0 Å². The number of anilines is 1. The number of aryl methyl sites for hydroxylation is 1. The molecule has 3 rings (SSSR count). The smallest absolute Gasteiger partial charge is 0.355 e. The molecule has 0 amide bonds. The number of aromatic amines is 1. The van der Waals surface area contributed by atoms with Crippen LogP contribution in [-0.2, 0) is 13.0 Å². The summed E-state index contributed by atoms with van der Waals surface area (Å²) >= 11 is 6.01. The normalized spacial score (nSPS) is 14.2. The Morgan fingerprint density at radius 3 is 3.15 bits per heavy atom. The molecule has 2 N–H and O–H groups in total. The molecule has 1 aliphatic rings. The van der Waals surface area contributed by atoms with Gasteiger partial charge in [0.05, 0.1) is 6.54 Å². The zero-order valence-corrected chi connectivity index (χ0v) is 11.4. The van der Waals surface area contributed by atoms with Gasteiger partial charge >= 0.3 is 5.97 Å². The van der Waals surface area contributed by atoms with E-state index in [9.17, 15) is 4.79 Å². The highest BCUT2D eigenvalue weighted by atomic mass is 35.5. The van der Waals surface area contributed by atoms with Crippen molar-refractivity contribution in [3.8, 4) is 0 Å². The van der Waals surface area contributed by atoms with Crippen LogP contribution in [0.2, 0.25) is 5.02 Å². The summed E-state index contributed by atoms with van der Waals surface area (Å²) in [6, 6.07) is 5.78. The topological polar surface area (TPSA) is 82.1 Å². The molecule has 2 aromatic rings. The Morgan fingerprint density at radius 2 is 2.35 bits per heavy atom. The number of rotatable bonds is 3. The maximum atomic E-state index is 11.1. The van der Waals surface area contributed by atoms with Crippen molar-refractivity contribution in [3.63, 3.8) is 0 Å². The fourth-order valence-corrected chi connectivity index (χ4v) is 2.72. The van der Waals surface area contributed by atoms with Crippen LogP contribution < -0.4 is 4.90 Å². The summed E-state index contributed by atoms with van der Waals surface area (Å²) in [4.78, 5) is 13.2. The number of carbonyl (C=O) groups is 1. The highest BCUT2D eigenvalue weighted by molar-refractivity contribution is 6.30. The van der Waals surface area contributed by atoms with Crippen molar-refractivity contribution in [1.82, 2.24) is 15.4 Å². The monoisotopic (exact) mass is 292 g/mol. The van der Waals surface area contributed by atoms with Gasteiger partial charge in [-0.2, -0.15) is 0 Å². The van der Waals surface area contributed by atoms with Crippen LogP contribution in [0.15, 0.2) is 18.2 Å². The summed E-state index contributed by atoms with van der Waals surface area (Å²) in [5, 5.41) is 19.7. The highest BCUT2D eigenvalue weighted by Gasteiger charge is 2.21. The van der Waals surface area contributed by atoms with E-state index in [-0.39, 0.29) is 5.69 Å². The molecular formula is C13H13ClN4O2. The average Bonchev–Trinajstić information content (AvgIpc) is 2.87. The van der Waals surface area contributed by atoms with Crippen LogP contribution in [0.1, 0.15) is 28.2 Å². The van der Waals surface area contributed by atoms with Gasteiger partial charge in [-0.3, -0.25) is 5.10 Å². The molecule has 0 aliphatic carbocycles. The molecule has 0 unspecified atom stereocenters. The number of aromatic nitrogens is 3. The Bertz CT molecular complexity index is 656. The van der Waals surface area contributed by atoms with Crippen molar-refractivity contribution in [2.24, 2.45) is 0 Å². The van der Waals surface area contributed by atoms with Crippen LogP contribution in [-0.4, -0.2) is 33.0 Å². The third-order valence-electron chi connectivity index (χ3n) is 3.43. The summed E-state index contributed by atoms with van der Waals surface area (Å²) in [6.45, 7) is 1.29. The molecule has 0 saturated heterocycles. The number of hydrogen-bond acceptors (Lipinski definition) is 4. The minimum Gasteiger partial charge on any atom is -0.476 e. The minimum absolute atomic E-state index is 0.0473. The summed E-state index contributed by atoms with van der Waals surface area (Å²) in [5.41, 5.74) is 2.76. The summed E-state index contributed by atoms with van der Waals surface area (Å²) in [7, 11) is 0. The number of carboxylic acid groups (broad SMARTS) is 1. The molecular weight excluding hydrogens is 280 g/mol. The van der Waals surface area contributed by atoms with Crippen LogP contribution in [0.5, 0.6) is 0 Å². The van der Waals surface area contributed by atoms with Crippen molar-refractivity contribution in [1.29, 1.82) is 0 Å². The van der Waals surface area contributed by atoms with Gasteiger partial charge in [0.1, 0.15) is 5.69 Å². The lowest BCUT2D eigenvalue weighted by Gasteiger charge is -2.30. The van der Waals surface area contributed by atoms with Gasteiger partial charge in [0.2, 0.25) is 0 Å². The second-order valence-electron chi connectivity index (χ2n) is 4.74. The molecule has 6 nitrogen and oxygen atoms in total. The van der Waals surface area contributed by atoms with Crippen LogP contribution >= 0.6 is 11.6 Å². The molecule has 0 atom stereocenters. The molecule has 0 fully saturated rings. The number of nitrogens with zero attached hydrogens (tertiary/aromatic N) is 3. The van der Waals surface area contributed by atoms with E-state index in [4.69, 9.17) is 16.7 Å². The number of fused-ring (bicyclic) bond motifs is 1. The van der Waals surface area contributed by atoms with E-state index in [0.29, 0.717) is 12.2 Å². The van der Waals surface area contributed by atoms with E-state index in [1.807, 2.05) is 18.2 Å².